The monoisotopic (exact) mass is 331 g/mol. The van der Waals surface area contributed by atoms with Crippen molar-refractivity contribution in [3.63, 3.8) is 0 Å². The predicted octanol–water partition coefficient (Wildman–Crippen LogP) is 4.24. The fraction of sp³-hybridized carbons (Fsp3) is 0.579. The van der Waals surface area contributed by atoms with Crippen molar-refractivity contribution in [2.45, 2.75) is 52.6 Å². The lowest BCUT2D eigenvalue weighted by molar-refractivity contribution is 0.190. The quantitative estimate of drug-likeness (QED) is 0.445. The number of oxime groups is 1. The van der Waals surface area contributed by atoms with Crippen LogP contribution in [-0.4, -0.2) is 43.8 Å². The predicted molar refractivity (Wildman–Crippen MR) is 99.7 cm³/mol. The van der Waals surface area contributed by atoms with E-state index in [1.54, 1.807) is 7.11 Å². The Hall–Kier alpha value is -2.04. The van der Waals surface area contributed by atoms with Gasteiger partial charge in [0.2, 0.25) is 0 Å². The van der Waals surface area contributed by atoms with Crippen molar-refractivity contribution in [1.82, 2.24) is 4.90 Å². The third-order valence-corrected chi connectivity index (χ3v) is 4.38. The van der Waals surface area contributed by atoms with E-state index in [2.05, 4.69) is 48.0 Å². The van der Waals surface area contributed by atoms with Crippen LogP contribution in [0.3, 0.4) is 0 Å². The van der Waals surface area contributed by atoms with Gasteiger partial charge in [-0.05, 0) is 69.7 Å². The molecule has 5 heteroatoms. The fourth-order valence-corrected chi connectivity index (χ4v) is 2.75. The minimum atomic E-state index is 0.0115. The highest BCUT2D eigenvalue weighted by atomic mass is 16.6. The molecule has 0 aromatic heterocycles. The summed E-state index contributed by atoms with van der Waals surface area (Å²) < 4.78 is 6.26. The molecular formula is C19H29N3O2. The molecule has 0 bridgehead atoms. The second kappa shape index (κ2) is 8.71. The van der Waals surface area contributed by atoms with Crippen molar-refractivity contribution < 1.29 is 9.57 Å². The summed E-state index contributed by atoms with van der Waals surface area (Å²) >= 11 is 0. The van der Waals surface area contributed by atoms with Gasteiger partial charge in [-0.3, -0.25) is 0 Å². The van der Waals surface area contributed by atoms with E-state index in [1.807, 2.05) is 13.4 Å². The smallest absolute Gasteiger partial charge is 0.140 e. The third-order valence-electron chi connectivity index (χ3n) is 4.38. The summed E-state index contributed by atoms with van der Waals surface area (Å²) in [6.45, 7) is 7.17. The van der Waals surface area contributed by atoms with E-state index in [-0.39, 0.29) is 6.10 Å². The molecule has 2 rings (SSSR count). The molecule has 1 fully saturated rings. The lowest BCUT2D eigenvalue weighted by atomic mass is 9.95. The Morgan fingerprint density at radius 1 is 1.25 bits per heavy atom. The summed E-state index contributed by atoms with van der Waals surface area (Å²) in [5.41, 5.74) is 4.19. The Morgan fingerprint density at radius 3 is 2.75 bits per heavy atom. The van der Waals surface area contributed by atoms with Crippen LogP contribution < -0.4 is 4.74 Å². The summed E-state index contributed by atoms with van der Waals surface area (Å²) in [5, 5.41) is 4.15. The molecular weight excluding hydrogens is 302 g/mol. The van der Waals surface area contributed by atoms with Gasteiger partial charge in [-0.15, -0.1) is 0 Å². The first kappa shape index (κ1) is 18.3. The molecule has 1 aliphatic carbocycles. The average Bonchev–Trinajstić information content (AvgIpc) is 2.58. The van der Waals surface area contributed by atoms with E-state index in [4.69, 9.17) is 9.57 Å². The Bertz CT molecular complexity index is 611. The molecule has 132 valence electrons. The minimum Gasteiger partial charge on any atom is -0.484 e. The molecule has 0 saturated heterocycles. The highest BCUT2D eigenvalue weighted by Gasteiger charge is 2.23. The molecule has 1 aromatic rings. The van der Waals surface area contributed by atoms with Crippen molar-refractivity contribution in [3.05, 3.63) is 23.3 Å². The number of aliphatic imine (C=N–C) groups is 1. The normalized spacial score (nSPS) is 19.7. The zero-order valence-electron chi connectivity index (χ0n) is 15.5. The van der Waals surface area contributed by atoms with Gasteiger partial charge in [0, 0.05) is 13.6 Å². The van der Waals surface area contributed by atoms with Gasteiger partial charge in [-0.1, -0.05) is 5.16 Å². The van der Waals surface area contributed by atoms with Gasteiger partial charge in [-0.2, -0.15) is 0 Å². The second-order valence-corrected chi connectivity index (χ2v) is 6.34. The molecule has 24 heavy (non-hydrogen) atoms. The van der Waals surface area contributed by atoms with Crippen molar-refractivity contribution >= 4 is 17.7 Å². The van der Waals surface area contributed by atoms with E-state index < -0.39 is 0 Å². The van der Waals surface area contributed by atoms with Crippen LogP contribution in [0.15, 0.2) is 22.3 Å². The van der Waals surface area contributed by atoms with E-state index >= 15 is 0 Å². The number of nitrogens with zero attached hydrogens (tertiary/aromatic N) is 3. The fourth-order valence-electron chi connectivity index (χ4n) is 2.75. The molecule has 0 aliphatic heterocycles. The molecule has 1 atom stereocenters. The number of rotatable bonds is 6. The first-order chi connectivity index (χ1) is 11.5. The number of ether oxygens (including phenoxy) is 1. The Kier molecular flexibility index (Phi) is 6.64. The van der Waals surface area contributed by atoms with Gasteiger partial charge in [-0.25, -0.2) is 4.99 Å². The van der Waals surface area contributed by atoms with Crippen LogP contribution in [0, 0.1) is 13.8 Å². The van der Waals surface area contributed by atoms with Gasteiger partial charge in [0.1, 0.15) is 19.0 Å². The van der Waals surface area contributed by atoms with Gasteiger partial charge < -0.3 is 14.5 Å². The maximum absolute atomic E-state index is 6.26. The largest absolute Gasteiger partial charge is 0.484 e. The van der Waals surface area contributed by atoms with Crippen molar-refractivity contribution in [2.75, 3.05) is 20.7 Å². The third kappa shape index (κ3) is 4.73. The molecule has 1 saturated carbocycles. The molecule has 1 aromatic carbocycles. The minimum absolute atomic E-state index is 0.0115. The van der Waals surface area contributed by atoms with Crippen LogP contribution >= 0.6 is 0 Å². The van der Waals surface area contributed by atoms with Gasteiger partial charge in [0.25, 0.3) is 0 Å². The highest BCUT2D eigenvalue weighted by Crippen LogP contribution is 2.30. The molecule has 0 amide bonds. The second-order valence-electron chi connectivity index (χ2n) is 6.34. The first-order valence-corrected chi connectivity index (χ1v) is 8.67. The highest BCUT2D eigenvalue weighted by molar-refractivity contribution is 5.89. The lowest BCUT2D eigenvalue weighted by Crippen LogP contribution is -2.31. The zero-order valence-corrected chi connectivity index (χ0v) is 15.5. The van der Waals surface area contributed by atoms with Crippen molar-refractivity contribution in [2.24, 2.45) is 10.1 Å². The Balaban J connectivity index is 2.18. The van der Waals surface area contributed by atoms with Crippen LogP contribution in [0.25, 0.3) is 0 Å². The Morgan fingerprint density at radius 2 is 2.04 bits per heavy atom. The van der Waals surface area contributed by atoms with E-state index in [0.29, 0.717) is 0 Å². The summed E-state index contributed by atoms with van der Waals surface area (Å²) in [7, 11) is 3.61. The van der Waals surface area contributed by atoms with E-state index in [9.17, 15) is 0 Å². The van der Waals surface area contributed by atoms with Crippen LogP contribution in [-0.2, 0) is 4.84 Å². The summed E-state index contributed by atoms with van der Waals surface area (Å²) in [6, 6.07) is 4.16. The van der Waals surface area contributed by atoms with Crippen LogP contribution in [0.2, 0.25) is 0 Å². The topological polar surface area (TPSA) is 46.4 Å². The van der Waals surface area contributed by atoms with Crippen LogP contribution in [0.5, 0.6) is 5.75 Å². The standard InChI is InChI=1S/C19H29N3O2/c1-6-22(4)13-20-17-11-15(3)19(12-14(17)2)24-18-10-8-7-9-16(18)21-23-5/h11-13,18H,6-10H2,1-5H3. The van der Waals surface area contributed by atoms with Crippen molar-refractivity contribution in [1.29, 1.82) is 0 Å². The first-order valence-electron chi connectivity index (χ1n) is 8.67. The lowest BCUT2D eigenvalue weighted by Gasteiger charge is -2.25. The molecule has 0 N–H and O–H groups in total. The zero-order chi connectivity index (χ0) is 17.5. The number of benzene rings is 1. The average molecular weight is 331 g/mol. The number of hydrogen-bond donors (Lipinski definition) is 0. The molecule has 0 radical (unpaired) electrons. The molecule has 5 nitrogen and oxygen atoms in total. The number of aryl methyl sites for hydroxylation is 2. The van der Waals surface area contributed by atoms with Gasteiger partial charge >= 0.3 is 0 Å². The molecule has 1 unspecified atom stereocenters. The summed E-state index contributed by atoms with van der Waals surface area (Å²) in [6.07, 6.45) is 6.13. The Labute approximate surface area is 145 Å². The van der Waals surface area contributed by atoms with Crippen LogP contribution in [0.4, 0.5) is 5.69 Å². The number of hydrogen-bond acceptors (Lipinski definition) is 4. The molecule has 0 spiro atoms. The van der Waals surface area contributed by atoms with Gasteiger partial charge in [0.05, 0.1) is 17.7 Å². The molecule has 1 aliphatic rings. The van der Waals surface area contributed by atoms with Crippen LogP contribution in [0.1, 0.15) is 43.7 Å². The summed E-state index contributed by atoms with van der Waals surface area (Å²) in [4.78, 5) is 11.6. The van der Waals surface area contributed by atoms with E-state index in [1.165, 1.54) is 0 Å². The SMILES string of the molecule is CCN(C)C=Nc1cc(C)c(OC2CCCCC2=NOC)cc1C. The molecule has 0 heterocycles. The van der Waals surface area contributed by atoms with E-state index in [0.717, 1.165) is 60.5 Å². The van der Waals surface area contributed by atoms with Gasteiger partial charge in [0.15, 0.2) is 0 Å². The van der Waals surface area contributed by atoms with Crippen molar-refractivity contribution in [3.8, 4) is 5.75 Å². The maximum Gasteiger partial charge on any atom is 0.140 e. The maximum atomic E-state index is 6.26. The summed E-state index contributed by atoms with van der Waals surface area (Å²) in [5.74, 6) is 0.908.